The first-order valence-electron chi connectivity index (χ1n) is 6.74. The summed E-state index contributed by atoms with van der Waals surface area (Å²) in [6.45, 7) is 3.74. The molecule has 21 heavy (non-hydrogen) atoms. The molecule has 0 aliphatic carbocycles. The van der Waals surface area contributed by atoms with Crippen LogP contribution in [0.15, 0.2) is 42.5 Å². The Morgan fingerprint density at radius 3 is 2.52 bits per heavy atom. The number of rotatable bonds is 5. The predicted molar refractivity (Wildman–Crippen MR) is 87.1 cm³/mol. The van der Waals surface area contributed by atoms with E-state index in [1.165, 1.54) is 17.2 Å². The number of carbonyl (C=O) groups excluding carboxylic acids is 1. The van der Waals surface area contributed by atoms with Crippen molar-refractivity contribution in [2.45, 2.75) is 19.6 Å². The molecule has 110 valence electrons. The van der Waals surface area contributed by atoms with E-state index in [1.54, 1.807) is 30.8 Å². The van der Waals surface area contributed by atoms with Gasteiger partial charge in [0.2, 0.25) is 5.91 Å². The van der Waals surface area contributed by atoms with Gasteiger partial charge in [-0.3, -0.25) is 4.79 Å². The number of benzene rings is 2. The summed E-state index contributed by atoms with van der Waals surface area (Å²) in [6.07, 6.45) is 0. The molecule has 0 aliphatic heterocycles. The number of anilines is 1. The lowest BCUT2D eigenvalue weighted by Gasteiger charge is -2.06. The van der Waals surface area contributed by atoms with Crippen LogP contribution in [0.1, 0.15) is 16.7 Å². The molecule has 0 unspecified atom stereocenters. The van der Waals surface area contributed by atoms with Gasteiger partial charge in [0.1, 0.15) is 5.82 Å². The zero-order valence-electron chi connectivity index (χ0n) is 12.2. The first-order chi connectivity index (χ1) is 10.0. The molecule has 2 aromatic rings. The molecule has 1 N–H and O–H groups in total. The quantitative estimate of drug-likeness (QED) is 0.891. The molecule has 2 rings (SSSR count). The fraction of sp³-hybridized carbons (Fsp3) is 0.235. The van der Waals surface area contributed by atoms with Crippen LogP contribution in [0.5, 0.6) is 0 Å². The highest BCUT2D eigenvalue weighted by Gasteiger charge is 2.05. The van der Waals surface area contributed by atoms with E-state index in [0.717, 1.165) is 5.75 Å². The van der Waals surface area contributed by atoms with Gasteiger partial charge in [-0.25, -0.2) is 4.39 Å². The van der Waals surface area contributed by atoms with Crippen LogP contribution in [0, 0.1) is 19.7 Å². The summed E-state index contributed by atoms with van der Waals surface area (Å²) >= 11 is 1.54. The van der Waals surface area contributed by atoms with Crippen molar-refractivity contribution >= 4 is 23.4 Å². The number of carbonyl (C=O) groups is 1. The van der Waals surface area contributed by atoms with Crippen molar-refractivity contribution in [1.29, 1.82) is 0 Å². The Bertz CT molecular complexity index is 625. The van der Waals surface area contributed by atoms with Crippen molar-refractivity contribution in [3.05, 3.63) is 65.0 Å². The minimum Gasteiger partial charge on any atom is -0.325 e. The Balaban J connectivity index is 1.79. The van der Waals surface area contributed by atoms with Crippen LogP contribution in [0.3, 0.4) is 0 Å². The van der Waals surface area contributed by atoms with Crippen molar-refractivity contribution in [2.75, 3.05) is 11.1 Å². The topological polar surface area (TPSA) is 29.1 Å². The molecule has 2 aromatic carbocycles. The van der Waals surface area contributed by atoms with Crippen molar-refractivity contribution in [3.8, 4) is 0 Å². The minimum atomic E-state index is -0.305. The molecule has 2 nitrogen and oxygen atoms in total. The first kappa shape index (κ1) is 15.6. The van der Waals surface area contributed by atoms with Crippen LogP contribution in [0.25, 0.3) is 0 Å². The molecule has 0 fully saturated rings. The lowest BCUT2D eigenvalue weighted by Crippen LogP contribution is -2.14. The smallest absolute Gasteiger partial charge is 0.234 e. The highest BCUT2D eigenvalue weighted by Crippen LogP contribution is 2.16. The molecule has 0 heterocycles. The van der Waals surface area contributed by atoms with Gasteiger partial charge in [0, 0.05) is 11.4 Å². The maximum atomic E-state index is 13.4. The second-order valence-corrected chi connectivity index (χ2v) is 5.98. The van der Waals surface area contributed by atoms with Gasteiger partial charge in [-0.15, -0.1) is 11.8 Å². The van der Waals surface area contributed by atoms with Crippen molar-refractivity contribution in [1.82, 2.24) is 0 Å². The third-order valence-electron chi connectivity index (χ3n) is 3.08. The number of hydrogen-bond donors (Lipinski definition) is 1. The maximum absolute atomic E-state index is 13.4. The van der Waals surface area contributed by atoms with Crippen LogP contribution >= 0.6 is 11.8 Å². The fourth-order valence-corrected chi connectivity index (χ4v) is 2.60. The van der Waals surface area contributed by atoms with Crippen LogP contribution < -0.4 is 5.32 Å². The van der Waals surface area contributed by atoms with Gasteiger partial charge in [0.25, 0.3) is 0 Å². The molecule has 1 amide bonds. The highest BCUT2D eigenvalue weighted by atomic mass is 32.2. The SMILES string of the molecule is Cc1ccc(CSCC(=O)Nc2ccc(C)c(F)c2)cc1. The number of hydrogen-bond acceptors (Lipinski definition) is 2. The van der Waals surface area contributed by atoms with Gasteiger partial charge in [-0.2, -0.15) is 0 Å². The fourth-order valence-electron chi connectivity index (χ4n) is 1.81. The third-order valence-corrected chi connectivity index (χ3v) is 4.08. The lowest BCUT2D eigenvalue weighted by atomic mass is 10.2. The average molecular weight is 303 g/mol. The minimum absolute atomic E-state index is 0.115. The van der Waals surface area contributed by atoms with E-state index in [9.17, 15) is 9.18 Å². The molecule has 4 heteroatoms. The second-order valence-electron chi connectivity index (χ2n) is 4.99. The Morgan fingerprint density at radius 2 is 1.86 bits per heavy atom. The monoisotopic (exact) mass is 303 g/mol. The first-order valence-corrected chi connectivity index (χ1v) is 7.89. The van der Waals surface area contributed by atoms with Gasteiger partial charge in [-0.1, -0.05) is 35.9 Å². The molecule has 0 spiro atoms. The summed E-state index contributed by atoms with van der Waals surface area (Å²) in [5, 5.41) is 2.71. The molecule has 0 bridgehead atoms. The number of nitrogens with one attached hydrogen (secondary N) is 1. The van der Waals surface area contributed by atoms with E-state index < -0.39 is 0 Å². The summed E-state index contributed by atoms with van der Waals surface area (Å²) in [6, 6.07) is 13.0. The Hall–Kier alpha value is -1.81. The molecule has 0 saturated heterocycles. The zero-order chi connectivity index (χ0) is 15.2. The second kappa shape index (κ2) is 7.27. The van der Waals surface area contributed by atoms with E-state index in [2.05, 4.69) is 29.6 Å². The number of halogens is 1. The van der Waals surface area contributed by atoms with Gasteiger partial charge in [0.15, 0.2) is 0 Å². The summed E-state index contributed by atoms with van der Waals surface area (Å²) in [5.74, 6) is 0.717. The Morgan fingerprint density at radius 1 is 1.14 bits per heavy atom. The van der Waals surface area contributed by atoms with Crippen LogP contribution in [0.2, 0.25) is 0 Å². The van der Waals surface area contributed by atoms with Crippen molar-refractivity contribution in [2.24, 2.45) is 0 Å². The van der Waals surface area contributed by atoms with Gasteiger partial charge < -0.3 is 5.32 Å². The van der Waals surface area contributed by atoms with E-state index in [0.29, 0.717) is 17.0 Å². The summed E-state index contributed by atoms with van der Waals surface area (Å²) in [5.41, 5.74) is 3.49. The predicted octanol–water partition coefficient (Wildman–Crippen LogP) is 4.31. The normalized spacial score (nSPS) is 10.4. The number of aryl methyl sites for hydroxylation is 2. The molecule has 0 radical (unpaired) electrons. The largest absolute Gasteiger partial charge is 0.325 e. The number of amides is 1. The zero-order valence-corrected chi connectivity index (χ0v) is 13.0. The molecule has 0 saturated carbocycles. The standard InChI is InChI=1S/C17H18FNOS/c1-12-3-6-14(7-4-12)10-21-11-17(20)19-15-8-5-13(2)16(18)9-15/h3-9H,10-11H2,1-2H3,(H,19,20). The molecule has 0 aliphatic rings. The van der Waals surface area contributed by atoms with Gasteiger partial charge in [0.05, 0.1) is 5.75 Å². The van der Waals surface area contributed by atoms with Gasteiger partial charge in [-0.05, 0) is 37.1 Å². The van der Waals surface area contributed by atoms with Crippen LogP contribution in [-0.2, 0) is 10.5 Å². The van der Waals surface area contributed by atoms with E-state index in [-0.39, 0.29) is 11.7 Å². The molecule has 0 aromatic heterocycles. The molecule has 0 atom stereocenters. The Labute approximate surface area is 128 Å². The average Bonchev–Trinajstić information content (AvgIpc) is 2.45. The Kier molecular flexibility index (Phi) is 5.39. The summed E-state index contributed by atoms with van der Waals surface area (Å²) < 4.78 is 13.4. The summed E-state index contributed by atoms with van der Waals surface area (Å²) in [4.78, 5) is 11.8. The van der Waals surface area contributed by atoms with E-state index in [4.69, 9.17) is 0 Å². The van der Waals surface area contributed by atoms with E-state index in [1.807, 2.05) is 6.92 Å². The van der Waals surface area contributed by atoms with Crippen molar-refractivity contribution < 1.29 is 9.18 Å². The van der Waals surface area contributed by atoms with E-state index >= 15 is 0 Å². The lowest BCUT2D eigenvalue weighted by molar-refractivity contribution is -0.113. The summed E-state index contributed by atoms with van der Waals surface area (Å²) in [7, 11) is 0. The number of thioether (sulfide) groups is 1. The highest BCUT2D eigenvalue weighted by molar-refractivity contribution is 7.99. The van der Waals surface area contributed by atoms with Crippen molar-refractivity contribution in [3.63, 3.8) is 0 Å². The maximum Gasteiger partial charge on any atom is 0.234 e. The van der Waals surface area contributed by atoms with Crippen LogP contribution in [0.4, 0.5) is 10.1 Å². The molecular formula is C17H18FNOS. The van der Waals surface area contributed by atoms with Crippen LogP contribution in [-0.4, -0.2) is 11.7 Å². The third kappa shape index (κ3) is 4.90. The molecular weight excluding hydrogens is 285 g/mol. The van der Waals surface area contributed by atoms with Gasteiger partial charge >= 0.3 is 0 Å².